The van der Waals surface area contributed by atoms with Gasteiger partial charge in [-0.2, -0.15) is 5.26 Å². The maximum atomic E-state index is 12.1. The van der Waals surface area contributed by atoms with Gasteiger partial charge >= 0.3 is 0 Å². The van der Waals surface area contributed by atoms with Gasteiger partial charge in [-0.05, 0) is 39.3 Å². The van der Waals surface area contributed by atoms with Crippen LogP contribution in [0, 0.1) is 25.2 Å². The van der Waals surface area contributed by atoms with Gasteiger partial charge in [0.2, 0.25) is 5.91 Å². The van der Waals surface area contributed by atoms with Gasteiger partial charge in [-0.3, -0.25) is 9.59 Å². The summed E-state index contributed by atoms with van der Waals surface area (Å²) >= 11 is 0. The van der Waals surface area contributed by atoms with Crippen molar-refractivity contribution in [2.75, 3.05) is 0 Å². The van der Waals surface area contributed by atoms with Crippen LogP contribution in [0.25, 0.3) is 0 Å². The van der Waals surface area contributed by atoms with E-state index in [1.165, 1.54) is 4.57 Å². The molecule has 5 nitrogen and oxygen atoms in total. The van der Waals surface area contributed by atoms with E-state index in [-0.39, 0.29) is 36.0 Å². The summed E-state index contributed by atoms with van der Waals surface area (Å²) in [5, 5.41) is 11.7. The molecule has 0 aliphatic carbocycles. The second-order valence-corrected chi connectivity index (χ2v) is 4.88. The lowest BCUT2D eigenvalue weighted by atomic mass is 10.1. The highest BCUT2D eigenvalue weighted by atomic mass is 16.2. The molecule has 0 aromatic carbocycles. The van der Waals surface area contributed by atoms with Gasteiger partial charge in [-0.1, -0.05) is 0 Å². The predicted octanol–water partition coefficient (Wildman–Crippen LogP) is 1.25. The fraction of sp³-hybridized carbons (Fsp3) is 0.500. The minimum absolute atomic E-state index is 0.0815. The molecule has 0 bridgehead atoms. The van der Waals surface area contributed by atoms with E-state index in [0.717, 1.165) is 5.69 Å². The van der Waals surface area contributed by atoms with Crippen molar-refractivity contribution in [3.05, 3.63) is 33.2 Å². The maximum Gasteiger partial charge on any atom is 0.268 e. The van der Waals surface area contributed by atoms with Crippen LogP contribution in [0.15, 0.2) is 10.9 Å². The van der Waals surface area contributed by atoms with Crippen molar-refractivity contribution >= 4 is 5.91 Å². The Morgan fingerprint density at radius 1 is 1.47 bits per heavy atom. The Balaban J connectivity index is 2.94. The first-order valence-corrected chi connectivity index (χ1v) is 6.27. The van der Waals surface area contributed by atoms with Crippen molar-refractivity contribution in [3.8, 4) is 6.07 Å². The fourth-order valence-corrected chi connectivity index (χ4v) is 1.95. The summed E-state index contributed by atoms with van der Waals surface area (Å²) in [4.78, 5) is 23.7. The van der Waals surface area contributed by atoms with Crippen LogP contribution < -0.4 is 10.9 Å². The number of aromatic nitrogens is 1. The number of carbonyl (C=O) groups excluding carboxylic acids is 1. The first-order valence-electron chi connectivity index (χ1n) is 6.27. The second kappa shape index (κ2) is 6.19. The highest BCUT2D eigenvalue weighted by molar-refractivity contribution is 5.76. The highest BCUT2D eigenvalue weighted by Gasteiger charge is 2.11. The Kier molecular flexibility index (Phi) is 4.87. The Hall–Kier alpha value is -2.09. The first kappa shape index (κ1) is 15.0. The summed E-state index contributed by atoms with van der Waals surface area (Å²) in [6.07, 6.45) is 0.229. The predicted molar refractivity (Wildman–Crippen MR) is 72.8 cm³/mol. The van der Waals surface area contributed by atoms with Crippen molar-refractivity contribution in [3.63, 3.8) is 0 Å². The van der Waals surface area contributed by atoms with Gasteiger partial charge in [0.05, 0.1) is 0 Å². The highest BCUT2D eigenvalue weighted by Crippen LogP contribution is 2.05. The second-order valence-electron chi connectivity index (χ2n) is 4.88. The van der Waals surface area contributed by atoms with Crippen LogP contribution in [0.3, 0.4) is 0 Å². The Morgan fingerprint density at radius 2 is 2.11 bits per heavy atom. The largest absolute Gasteiger partial charge is 0.354 e. The van der Waals surface area contributed by atoms with Crippen molar-refractivity contribution in [1.82, 2.24) is 9.88 Å². The van der Waals surface area contributed by atoms with Crippen LogP contribution in [-0.4, -0.2) is 16.5 Å². The molecule has 1 N–H and O–H groups in total. The summed E-state index contributed by atoms with van der Waals surface area (Å²) < 4.78 is 1.48. The van der Waals surface area contributed by atoms with Crippen LogP contribution in [0.1, 0.15) is 37.1 Å². The number of pyridine rings is 1. The molecule has 0 saturated heterocycles. The summed E-state index contributed by atoms with van der Waals surface area (Å²) in [7, 11) is 0. The van der Waals surface area contributed by atoms with Gasteiger partial charge < -0.3 is 9.88 Å². The summed E-state index contributed by atoms with van der Waals surface area (Å²) in [6.45, 7) is 7.60. The lowest BCUT2D eigenvalue weighted by molar-refractivity contribution is -0.121. The average molecular weight is 261 g/mol. The number of carbonyl (C=O) groups is 1. The normalized spacial score (nSPS) is 10.3. The molecular formula is C14H19N3O2. The van der Waals surface area contributed by atoms with E-state index in [1.807, 2.05) is 19.9 Å². The summed E-state index contributed by atoms with van der Waals surface area (Å²) in [5.74, 6) is -0.0969. The third-order valence-corrected chi connectivity index (χ3v) is 2.83. The molecule has 0 aliphatic rings. The van der Waals surface area contributed by atoms with E-state index < -0.39 is 0 Å². The first-order chi connectivity index (χ1) is 8.86. The van der Waals surface area contributed by atoms with Gasteiger partial charge in [-0.25, -0.2) is 0 Å². The Bertz CT molecular complexity index is 580. The molecule has 0 spiro atoms. The molecular weight excluding hydrogens is 242 g/mol. The quantitative estimate of drug-likeness (QED) is 0.886. The van der Waals surface area contributed by atoms with Crippen LogP contribution in [0.4, 0.5) is 0 Å². The third kappa shape index (κ3) is 3.68. The molecule has 0 unspecified atom stereocenters. The topological polar surface area (TPSA) is 74.9 Å². The molecule has 0 atom stereocenters. The molecule has 1 heterocycles. The zero-order valence-electron chi connectivity index (χ0n) is 11.8. The van der Waals surface area contributed by atoms with Gasteiger partial charge in [0.15, 0.2) is 0 Å². The molecule has 5 heteroatoms. The molecule has 0 saturated carbocycles. The Morgan fingerprint density at radius 3 is 2.63 bits per heavy atom. The number of nitrogens with zero attached hydrogens (tertiary/aromatic N) is 2. The SMILES string of the molecule is Cc1cc(C)n(CCC(=O)NC(C)C)c(=O)c1C#N. The van der Waals surface area contributed by atoms with Gasteiger partial charge in [-0.15, -0.1) is 0 Å². The van der Waals surface area contributed by atoms with E-state index in [0.29, 0.717) is 5.56 Å². The standard InChI is InChI=1S/C14H19N3O2/c1-9(2)16-13(18)5-6-17-11(4)7-10(3)12(8-15)14(17)19/h7,9H,5-6H2,1-4H3,(H,16,18). The lowest BCUT2D eigenvalue weighted by Crippen LogP contribution is -2.33. The average Bonchev–Trinajstić information content (AvgIpc) is 2.27. The summed E-state index contributed by atoms with van der Waals surface area (Å²) in [6, 6.07) is 3.79. The number of aryl methyl sites for hydroxylation is 2. The third-order valence-electron chi connectivity index (χ3n) is 2.83. The van der Waals surface area contributed by atoms with E-state index in [2.05, 4.69) is 5.32 Å². The van der Waals surface area contributed by atoms with Crippen molar-refractivity contribution in [1.29, 1.82) is 5.26 Å². The molecule has 0 aliphatic heterocycles. The van der Waals surface area contributed by atoms with Gasteiger partial charge in [0.25, 0.3) is 5.56 Å². The van der Waals surface area contributed by atoms with E-state index in [4.69, 9.17) is 5.26 Å². The fourth-order valence-electron chi connectivity index (χ4n) is 1.95. The minimum Gasteiger partial charge on any atom is -0.354 e. The van der Waals surface area contributed by atoms with Crippen molar-refractivity contribution in [2.45, 2.75) is 46.7 Å². The molecule has 1 rings (SSSR count). The number of rotatable bonds is 4. The van der Waals surface area contributed by atoms with Crippen LogP contribution in [0.5, 0.6) is 0 Å². The van der Waals surface area contributed by atoms with Crippen molar-refractivity contribution in [2.24, 2.45) is 0 Å². The van der Waals surface area contributed by atoms with Crippen LogP contribution in [-0.2, 0) is 11.3 Å². The number of hydrogen-bond donors (Lipinski definition) is 1. The Labute approximate surface area is 112 Å². The minimum atomic E-state index is -0.322. The number of nitriles is 1. The lowest BCUT2D eigenvalue weighted by Gasteiger charge is -2.13. The van der Waals surface area contributed by atoms with Crippen molar-refractivity contribution < 1.29 is 4.79 Å². The molecule has 0 radical (unpaired) electrons. The molecule has 0 fully saturated rings. The zero-order chi connectivity index (χ0) is 14.6. The number of hydrogen-bond acceptors (Lipinski definition) is 3. The number of nitrogens with one attached hydrogen (secondary N) is 1. The molecule has 19 heavy (non-hydrogen) atoms. The van der Waals surface area contributed by atoms with Crippen LogP contribution >= 0.6 is 0 Å². The summed E-state index contributed by atoms with van der Waals surface area (Å²) in [5.41, 5.74) is 1.26. The van der Waals surface area contributed by atoms with E-state index in [1.54, 1.807) is 19.9 Å². The van der Waals surface area contributed by atoms with Gasteiger partial charge in [0, 0.05) is 24.7 Å². The van der Waals surface area contributed by atoms with E-state index >= 15 is 0 Å². The smallest absolute Gasteiger partial charge is 0.268 e. The molecule has 1 aromatic heterocycles. The molecule has 1 amide bonds. The monoisotopic (exact) mass is 261 g/mol. The van der Waals surface area contributed by atoms with E-state index in [9.17, 15) is 9.59 Å². The maximum absolute atomic E-state index is 12.1. The molecule has 102 valence electrons. The molecule has 1 aromatic rings. The van der Waals surface area contributed by atoms with Crippen LogP contribution in [0.2, 0.25) is 0 Å². The van der Waals surface area contributed by atoms with Gasteiger partial charge in [0.1, 0.15) is 11.6 Å². The zero-order valence-corrected chi connectivity index (χ0v) is 11.8. The number of amides is 1.